The fraction of sp³-hybridized carbons (Fsp3) is 0.375. The summed E-state index contributed by atoms with van der Waals surface area (Å²) in [5, 5.41) is 16.1. The van der Waals surface area contributed by atoms with Gasteiger partial charge in [-0.25, -0.2) is 4.79 Å². The van der Waals surface area contributed by atoms with Gasteiger partial charge in [0.1, 0.15) is 6.04 Å². The van der Waals surface area contributed by atoms with Gasteiger partial charge < -0.3 is 9.26 Å². The van der Waals surface area contributed by atoms with E-state index in [1.807, 2.05) is 6.92 Å². The van der Waals surface area contributed by atoms with Crippen molar-refractivity contribution in [2.45, 2.75) is 32.4 Å². The fourth-order valence-electron chi connectivity index (χ4n) is 2.24. The summed E-state index contributed by atoms with van der Waals surface area (Å²) in [5.74, 6) is 0.496. The van der Waals surface area contributed by atoms with Crippen LogP contribution in [0.5, 0.6) is 0 Å². The maximum absolute atomic E-state index is 12.2. The number of aromatic nitrogens is 2. The number of rotatable bonds is 6. The Hall–Kier alpha value is -2.72. The molecule has 2 rings (SSSR count). The van der Waals surface area contributed by atoms with Crippen LogP contribution in [0.4, 0.5) is 0 Å². The third-order valence-electron chi connectivity index (χ3n) is 3.42. The van der Waals surface area contributed by atoms with Crippen LogP contribution in [-0.2, 0) is 9.53 Å². The summed E-state index contributed by atoms with van der Waals surface area (Å²) in [4.78, 5) is 16.4. The van der Waals surface area contributed by atoms with Crippen LogP contribution >= 0.6 is 0 Å². The highest BCUT2D eigenvalue weighted by molar-refractivity contribution is 5.77. The molecule has 0 saturated carbocycles. The highest BCUT2D eigenvalue weighted by Gasteiger charge is 2.27. The van der Waals surface area contributed by atoms with Gasteiger partial charge in [0.15, 0.2) is 5.82 Å². The molecule has 7 nitrogen and oxygen atoms in total. The lowest BCUT2D eigenvalue weighted by molar-refractivity contribution is -0.143. The van der Waals surface area contributed by atoms with Crippen molar-refractivity contribution in [3.63, 3.8) is 0 Å². The first-order valence-corrected chi connectivity index (χ1v) is 7.23. The van der Waals surface area contributed by atoms with Crippen LogP contribution in [0.25, 0.3) is 0 Å². The molecule has 0 aliphatic rings. The molecule has 0 unspecified atom stereocenters. The first-order valence-electron chi connectivity index (χ1n) is 7.23. The number of hydrogen-bond acceptors (Lipinski definition) is 7. The summed E-state index contributed by atoms with van der Waals surface area (Å²) < 4.78 is 9.88. The van der Waals surface area contributed by atoms with E-state index in [-0.39, 0.29) is 6.04 Å². The average Bonchev–Trinajstić information content (AvgIpc) is 3.01. The minimum Gasteiger partial charge on any atom is -0.468 e. The number of aryl methyl sites for hydroxylation is 1. The summed E-state index contributed by atoms with van der Waals surface area (Å²) >= 11 is 0. The van der Waals surface area contributed by atoms with Crippen molar-refractivity contribution in [3.05, 3.63) is 47.1 Å². The van der Waals surface area contributed by atoms with Gasteiger partial charge in [-0.15, -0.1) is 0 Å². The molecular weight excluding hydrogens is 296 g/mol. The normalized spacial score (nSPS) is 13.1. The summed E-state index contributed by atoms with van der Waals surface area (Å²) in [5.41, 5.74) is 1.12. The Morgan fingerprint density at radius 3 is 2.87 bits per heavy atom. The van der Waals surface area contributed by atoms with E-state index in [0.717, 1.165) is 0 Å². The van der Waals surface area contributed by atoms with Crippen LogP contribution in [0.3, 0.4) is 0 Å². The third kappa shape index (κ3) is 3.93. The summed E-state index contributed by atoms with van der Waals surface area (Å²) in [6.45, 7) is 3.65. The minimum atomic E-state index is -0.725. The quantitative estimate of drug-likeness (QED) is 0.815. The first-order chi connectivity index (χ1) is 11.1. The van der Waals surface area contributed by atoms with Crippen LogP contribution in [0.1, 0.15) is 48.3 Å². The molecule has 0 fully saturated rings. The summed E-state index contributed by atoms with van der Waals surface area (Å²) in [6, 6.07) is 7.89. The topological polar surface area (TPSA) is 101 Å². The standard InChI is InChI=1S/C16H18N4O3/c1-4-13(15-18-10(2)23-20-15)19-14(16(21)22-3)12-7-5-6-11(8-12)9-17/h5-8,13-14,19H,4H2,1-3H3/t13-,14-/m0/s1. The number of nitrogens with one attached hydrogen (secondary N) is 1. The lowest BCUT2D eigenvalue weighted by Crippen LogP contribution is -2.33. The minimum absolute atomic E-state index is 0.276. The van der Waals surface area contributed by atoms with Gasteiger partial charge >= 0.3 is 5.97 Å². The predicted octanol–water partition coefficient (Wildman–Crippen LogP) is 2.20. The zero-order chi connectivity index (χ0) is 16.8. The fourth-order valence-corrected chi connectivity index (χ4v) is 2.24. The van der Waals surface area contributed by atoms with Crippen molar-refractivity contribution in [1.82, 2.24) is 15.5 Å². The van der Waals surface area contributed by atoms with E-state index in [2.05, 4.69) is 21.5 Å². The van der Waals surface area contributed by atoms with Crippen molar-refractivity contribution in [2.24, 2.45) is 0 Å². The van der Waals surface area contributed by atoms with Crippen molar-refractivity contribution < 1.29 is 14.1 Å². The smallest absolute Gasteiger partial charge is 0.327 e. The van der Waals surface area contributed by atoms with Gasteiger partial charge in [-0.2, -0.15) is 10.2 Å². The number of nitriles is 1. The van der Waals surface area contributed by atoms with Crippen LogP contribution in [0, 0.1) is 18.3 Å². The van der Waals surface area contributed by atoms with Crippen LogP contribution in [-0.4, -0.2) is 23.2 Å². The van der Waals surface area contributed by atoms with Gasteiger partial charge in [0.05, 0.1) is 24.8 Å². The molecule has 0 saturated heterocycles. The van der Waals surface area contributed by atoms with Crippen molar-refractivity contribution in [1.29, 1.82) is 5.26 Å². The van der Waals surface area contributed by atoms with E-state index in [1.54, 1.807) is 31.2 Å². The Bertz CT molecular complexity index is 720. The molecule has 0 radical (unpaired) electrons. The highest BCUT2D eigenvalue weighted by atomic mass is 16.5. The summed E-state index contributed by atoms with van der Waals surface area (Å²) in [6.07, 6.45) is 0.657. The molecule has 2 aromatic rings. The molecule has 1 aromatic carbocycles. The van der Waals surface area contributed by atoms with Crippen LogP contribution in [0.2, 0.25) is 0 Å². The van der Waals surface area contributed by atoms with Gasteiger partial charge in [-0.1, -0.05) is 24.2 Å². The summed E-state index contributed by atoms with van der Waals surface area (Å²) in [7, 11) is 1.32. The molecule has 0 spiro atoms. The van der Waals surface area contributed by atoms with E-state index in [4.69, 9.17) is 14.5 Å². The highest BCUT2D eigenvalue weighted by Crippen LogP contribution is 2.22. The second-order valence-corrected chi connectivity index (χ2v) is 4.99. The molecule has 1 aromatic heterocycles. The Kier molecular flexibility index (Phi) is 5.44. The zero-order valence-electron chi connectivity index (χ0n) is 13.2. The van der Waals surface area contributed by atoms with Crippen molar-refractivity contribution in [3.8, 4) is 6.07 Å². The van der Waals surface area contributed by atoms with E-state index >= 15 is 0 Å². The number of ether oxygens (including phenoxy) is 1. The number of carbonyl (C=O) groups excluding carboxylic acids is 1. The molecule has 0 aliphatic heterocycles. The number of methoxy groups -OCH3 is 1. The van der Waals surface area contributed by atoms with Gasteiger partial charge in [-0.3, -0.25) is 5.32 Å². The Morgan fingerprint density at radius 2 is 2.30 bits per heavy atom. The maximum Gasteiger partial charge on any atom is 0.327 e. The molecule has 7 heteroatoms. The molecule has 2 atom stereocenters. The number of benzene rings is 1. The van der Waals surface area contributed by atoms with Gasteiger partial charge in [0.25, 0.3) is 0 Å². The van der Waals surface area contributed by atoms with E-state index in [0.29, 0.717) is 29.3 Å². The average molecular weight is 314 g/mol. The van der Waals surface area contributed by atoms with Crippen molar-refractivity contribution in [2.75, 3.05) is 7.11 Å². The van der Waals surface area contributed by atoms with E-state index in [9.17, 15) is 4.79 Å². The zero-order valence-corrected chi connectivity index (χ0v) is 13.2. The SMILES string of the molecule is CC[C@H](N[C@H](C(=O)OC)c1cccc(C#N)c1)c1noc(C)n1. The van der Waals surface area contributed by atoms with E-state index in [1.165, 1.54) is 7.11 Å². The molecule has 0 aliphatic carbocycles. The van der Waals surface area contributed by atoms with Gasteiger partial charge in [0.2, 0.25) is 5.89 Å². The molecule has 1 N–H and O–H groups in total. The predicted molar refractivity (Wildman–Crippen MR) is 81.1 cm³/mol. The largest absolute Gasteiger partial charge is 0.468 e. The lowest BCUT2D eigenvalue weighted by Gasteiger charge is -2.21. The van der Waals surface area contributed by atoms with Crippen LogP contribution in [0.15, 0.2) is 28.8 Å². The molecule has 0 bridgehead atoms. The monoisotopic (exact) mass is 314 g/mol. The number of nitrogens with zero attached hydrogens (tertiary/aromatic N) is 3. The maximum atomic E-state index is 12.2. The molecular formula is C16H18N4O3. The molecule has 1 heterocycles. The van der Waals surface area contributed by atoms with E-state index < -0.39 is 12.0 Å². The Balaban J connectivity index is 2.31. The number of hydrogen-bond donors (Lipinski definition) is 1. The Morgan fingerprint density at radius 1 is 1.52 bits per heavy atom. The number of esters is 1. The third-order valence-corrected chi connectivity index (χ3v) is 3.42. The Labute approximate surface area is 134 Å². The van der Waals surface area contributed by atoms with Crippen LogP contribution < -0.4 is 5.32 Å². The number of carbonyl (C=O) groups is 1. The van der Waals surface area contributed by atoms with Gasteiger partial charge in [-0.05, 0) is 24.1 Å². The molecule has 0 amide bonds. The second kappa shape index (κ2) is 7.51. The van der Waals surface area contributed by atoms with Gasteiger partial charge in [0, 0.05) is 6.92 Å². The molecule has 120 valence electrons. The van der Waals surface area contributed by atoms with Crippen molar-refractivity contribution >= 4 is 5.97 Å². The second-order valence-electron chi connectivity index (χ2n) is 4.99. The first kappa shape index (κ1) is 16.6. The molecule has 23 heavy (non-hydrogen) atoms. The lowest BCUT2D eigenvalue weighted by atomic mass is 10.0.